The van der Waals surface area contributed by atoms with E-state index in [0.29, 0.717) is 0 Å². The van der Waals surface area contributed by atoms with Gasteiger partial charge in [0.05, 0.1) is 11.0 Å². The number of furan rings is 1. The van der Waals surface area contributed by atoms with Gasteiger partial charge >= 0.3 is 6.85 Å². The molecule has 0 saturated carbocycles. The van der Waals surface area contributed by atoms with E-state index in [0.717, 1.165) is 27.5 Å². The number of hydrogen-bond donors (Lipinski definition) is 0. The van der Waals surface area contributed by atoms with Crippen molar-refractivity contribution in [1.29, 1.82) is 0 Å². The number of para-hydroxylation sites is 2. The van der Waals surface area contributed by atoms with Crippen LogP contribution in [0.3, 0.4) is 0 Å². The smallest absolute Gasteiger partial charge is 0.333 e. The molecule has 0 bridgehead atoms. The van der Waals surface area contributed by atoms with Crippen molar-refractivity contribution in [3.8, 4) is 27.9 Å². The van der Waals surface area contributed by atoms with E-state index < -0.39 is 0 Å². The van der Waals surface area contributed by atoms with E-state index in [4.69, 9.17) is 4.42 Å². The maximum absolute atomic E-state index is 6.54. The number of thiophene rings is 1. The van der Waals surface area contributed by atoms with Gasteiger partial charge in [0.25, 0.3) is 0 Å². The fourth-order valence-corrected chi connectivity index (χ4v) is 11.4. The van der Waals surface area contributed by atoms with Gasteiger partial charge < -0.3 is 13.8 Å². The lowest BCUT2D eigenvalue weighted by Crippen LogP contribution is -2.60. The van der Waals surface area contributed by atoms with E-state index in [1.165, 1.54) is 97.8 Å². The first kappa shape index (κ1) is 32.5. The quantitative estimate of drug-likeness (QED) is 0.164. The third kappa shape index (κ3) is 4.29. The highest BCUT2D eigenvalue weighted by Gasteiger charge is 2.45. The van der Waals surface area contributed by atoms with Crippen LogP contribution in [0.4, 0.5) is 11.4 Å². The molecule has 0 atom stereocenters. The van der Waals surface area contributed by atoms with E-state index in [1.54, 1.807) is 0 Å². The molecule has 5 heterocycles. The lowest BCUT2D eigenvalue weighted by atomic mass is 9.43. The first-order valence-electron chi connectivity index (χ1n) is 20.3. The van der Waals surface area contributed by atoms with Crippen molar-refractivity contribution in [1.82, 2.24) is 4.57 Å². The van der Waals surface area contributed by atoms with Crippen LogP contribution >= 0.6 is 11.3 Å². The molecule has 0 fully saturated rings. The molecule has 8 aromatic carbocycles. The molecule has 58 heavy (non-hydrogen) atoms. The average Bonchev–Trinajstić information content (AvgIpc) is 3.91. The van der Waals surface area contributed by atoms with Crippen molar-refractivity contribution < 1.29 is 4.42 Å². The predicted molar refractivity (Wildman–Crippen MR) is 249 cm³/mol. The van der Waals surface area contributed by atoms with Gasteiger partial charge in [0.2, 0.25) is 0 Å². The Morgan fingerprint density at radius 2 is 1.33 bits per heavy atom. The van der Waals surface area contributed by atoms with E-state index in [9.17, 15) is 0 Å². The maximum Gasteiger partial charge on any atom is 0.333 e. The van der Waals surface area contributed by atoms with E-state index in [1.807, 2.05) is 11.3 Å². The van der Waals surface area contributed by atoms with Crippen LogP contribution < -0.4 is 15.7 Å². The Balaban J connectivity index is 1.23. The van der Waals surface area contributed by atoms with Crippen LogP contribution in [0.25, 0.3) is 91.9 Å². The summed E-state index contributed by atoms with van der Waals surface area (Å²) in [7, 11) is 0. The molecular formula is C53H37BN2OS. The van der Waals surface area contributed by atoms with Gasteiger partial charge in [0.1, 0.15) is 11.2 Å². The molecule has 3 aromatic heterocycles. The number of aromatic nitrogens is 1. The second kappa shape index (κ2) is 11.3. The number of hydrogen-bond acceptors (Lipinski definition) is 3. The molecule has 2 aliphatic heterocycles. The Morgan fingerprint density at radius 1 is 0.569 bits per heavy atom. The third-order valence-corrected chi connectivity index (χ3v) is 14.1. The SMILES string of the molecule is Cc1ccc(N2B3c4cc(C(C)(C)C)ccc4-n4c5ccccc5c5c(-c6ccc7c(c6)oc6ccccc67)cc(c3c54)-c3cc4c(cc32)sc2ccccc24)cc1. The summed E-state index contributed by atoms with van der Waals surface area (Å²) >= 11 is 1.89. The Hall–Kier alpha value is -6.56. The zero-order chi connectivity index (χ0) is 38.6. The highest BCUT2D eigenvalue weighted by molar-refractivity contribution is 7.25. The van der Waals surface area contributed by atoms with Gasteiger partial charge in [-0.2, -0.15) is 0 Å². The van der Waals surface area contributed by atoms with Crippen LogP contribution in [0.15, 0.2) is 156 Å². The molecule has 0 amide bonds. The first-order chi connectivity index (χ1) is 28.3. The Kier molecular flexibility index (Phi) is 6.34. The van der Waals surface area contributed by atoms with E-state index in [-0.39, 0.29) is 12.3 Å². The van der Waals surface area contributed by atoms with Gasteiger partial charge in [-0.3, -0.25) is 0 Å². The van der Waals surface area contributed by atoms with E-state index in [2.05, 4.69) is 189 Å². The molecule has 5 heteroatoms. The number of aryl methyl sites for hydroxylation is 1. The lowest BCUT2D eigenvalue weighted by Gasteiger charge is -2.42. The molecule has 11 aromatic rings. The molecule has 0 spiro atoms. The number of anilines is 2. The van der Waals surface area contributed by atoms with Crippen LogP contribution in [-0.2, 0) is 5.41 Å². The Bertz CT molecular complexity index is 3580. The summed E-state index contributed by atoms with van der Waals surface area (Å²) in [6, 6.07) is 57.1. The Morgan fingerprint density at radius 3 is 2.17 bits per heavy atom. The van der Waals surface area contributed by atoms with Crippen LogP contribution in [0.1, 0.15) is 31.9 Å². The Labute approximate surface area is 340 Å². The first-order valence-corrected chi connectivity index (χ1v) is 21.1. The van der Waals surface area contributed by atoms with Gasteiger partial charge in [-0.25, -0.2) is 0 Å². The van der Waals surface area contributed by atoms with Crippen molar-refractivity contribution in [3.05, 3.63) is 163 Å². The molecule has 0 saturated heterocycles. The largest absolute Gasteiger partial charge is 0.456 e. The summed E-state index contributed by atoms with van der Waals surface area (Å²) in [5.74, 6) is 0. The molecule has 0 N–H and O–H groups in total. The maximum atomic E-state index is 6.54. The van der Waals surface area contributed by atoms with Crippen molar-refractivity contribution >= 4 is 104 Å². The number of rotatable bonds is 2. The fourth-order valence-electron chi connectivity index (χ4n) is 10.2. The third-order valence-electron chi connectivity index (χ3n) is 13.0. The van der Waals surface area contributed by atoms with Crippen molar-refractivity contribution in [2.45, 2.75) is 33.1 Å². The van der Waals surface area contributed by atoms with Crippen molar-refractivity contribution in [2.24, 2.45) is 0 Å². The fraction of sp³-hybridized carbons (Fsp3) is 0.0943. The monoisotopic (exact) mass is 760 g/mol. The molecule has 3 nitrogen and oxygen atoms in total. The second-order valence-electron chi connectivity index (χ2n) is 17.4. The molecule has 0 aliphatic carbocycles. The molecule has 274 valence electrons. The molecule has 0 unspecified atom stereocenters. The second-order valence-corrected chi connectivity index (χ2v) is 18.4. The number of fused-ring (bicyclic) bond motifs is 14. The molecule has 0 radical (unpaired) electrons. The predicted octanol–water partition coefficient (Wildman–Crippen LogP) is 13.6. The molecule has 13 rings (SSSR count). The van der Waals surface area contributed by atoms with Crippen molar-refractivity contribution in [2.75, 3.05) is 4.81 Å². The highest BCUT2D eigenvalue weighted by Crippen LogP contribution is 2.51. The zero-order valence-corrected chi connectivity index (χ0v) is 33.5. The standard InChI is InChI=1S/C53H37BN2OS/c1-30-17-21-33(22-18-30)56-45-29-49-40(36-12-7-10-16-48(36)58-49)28-39(45)41-27-38(31-19-23-35-34-11-6-9-15-46(34)57-47(35)25-31)50-37-13-5-8-14-43(37)55-44-24-20-32(53(2,3)4)26-42(44)54(56)51(41)52(50)55/h5-29H,1-4H3. The number of benzene rings is 8. The van der Waals surface area contributed by atoms with Crippen LogP contribution in [0.5, 0.6) is 0 Å². The normalized spacial score (nSPS) is 13.4. The molecule has 2 aliphatic rings. The van der Waals surface area contributed by atoms with Gasteiger partial charge in [-0.15, -0.1) is 11.3 Å². The average molecular weight is 761 g/mol. The summed E-state index contributed by atoms with van der Waals surface area (Å²) in [6.07, 6.45) is 0. The lowest BCUT2D eigenvalue weighted by molar-refractivity contribution is 0.590. The highest BCUT2D eigenvalue weighted by atomic mass is 32.1. The van der Waals surface area contributed by atoms with E-state index >= 15 is 0 Å². The van der Waals surface area contributed by atoms with Gasteiger partial charge in [-0.05, 0) is 112 Å². The minimum absolute atomic E-state index is 0.0180. The summed E-state index contributed by atoms with van der Waals surface area (Å²) in [6.45, 7) is 9.12. The topological polar surface area (TPSA) is 21.3 Å². The minimum atomic E-state index is -0.0550. The zero-order valence-electron chi connectivity index (χ0n) is 32.7. The van der Waals surface area contributed by atoms with Gasteiger partial charge in [-0.1, -0.05) is 111 Å². The summed E-state index contributed by atoms with van der Waals surface area (Å²) in [5.41, 5.74) is 18.3. The van der Waals surface area contributed by atoms with Crippen LogP contribution in [0, 0.1) is 6.92 Å². The van der Waals surface area contributed by atoms with Crippen LogP contribution in [0.2, 0.25) is 0 Å². The van der Waals surface area contributed by atoms with Crippen molar-refractivity contribution in [3.63, 3.8) is 0 Å². The summed E-state index contributed by atoms with van der Waals surface area (Å²) in [5, 5.41) is 7.47. The van der Waals surface area contributed by atoms with Gasteiger partial charge in [0, 0.05) is 64.3 Å². The summed E-state index contributed by atoms with van der Waals surface area (Å²) < 4.78 is 11.8. The molecular weight excluding hydrogens is 723 g/mol. The van der Waals surface area contributed by atoms with Crippen LogP contribution in [-0.4, -0.2) is 11.4 Å². The minimum Gasteiger partial charge on any atom is -0.456 e. The summed E-state index contributed by atoms with van der Waals surface area (Å²) in [4.78, 5) is 2.66. The van der Waals surface area contributed by atoms with Gasteiger partial charge in [0.15, 0.2) is 0 Å². The number of nitrogens with zero attached hydrogens (tertiary/aromatic N) is 2.